The summed E-state index contributed by atoms with van der Waals surface area (Å²) in [5.41, 5.74) is 1.06. The van der Waals surface area contributed by atoms with Crippen LogP contribution in [0.3, 0.4) is 0 Å². The normalized spacial score (nSPS) is 10.6. The summed E-state index contributed by atoms with van der Waals surface area (Å²) in [4.78, 5) is 14.7. The van der Waals surface area contributed by atoms with E-state index in [1.54, 1.807) is 12.4 Å². The third kappa shape index (κ3) is 2.22. The molecule has 0 bridgehead atoms. The van der Waals surface area contributed by atoms with Crippen LogP contribution in [0.5, 0.6) is 0 Å². The average molecular weight is 299 g/mol. The fourth-order valence-corrected chi connectivity index (χ4v) is 2.04. The van der Waals surface area contributed by atoms with E-state index in [2.05, 4.69) is 42.8 Å². The predicted molar refractivity (Wildman–Crippen MR) is 68.7 cm³/mol. The summed E-state index contributed by atoms with van der Waals surface area (Å²) >= 11 is 8.65. The Morgan fingerprint density at radius 1 is 1.44 bits per heavy atom. The Morgan fingerprint density at radius 2 is 2.25 bits per heavy atom. The van der Waals surface area contributed by atoms with Gasteiger partial charge in [-0.3, -0.25) is 0 Å². The lowest BCUT2D eigenvalue weighted by atomic mass is 10.2. The van der Waals surface area contributed by atoms with Crippen molar-refractivity contribution in [3.05, 3.63) is 27.2 Å². The number of rotatable bonds is 3. The van der Waals surface area contributed by atoms with Gasteiger partial charge in [-0.2, -0.15) is 0 Å². The van der Waals surface area contributed by atoms with Crippen LogP contribution < -0.4 is 0 Å². The van der Waals surface area contributed by atoms with Crippen molar-refractivity contribution in [2.45, 2.75) is 19.8 Å². The third-order valence-electron chi connectivity index (χ3n) is 2.16. The molecule has 0 saturated heterocycles. The molecule has 0 saturated carbocycles. The van der Waals surface area contributed by atoms with Crippen LogP contribution in [0.2, 0.25) is 0 Å². The van der Waals surface area contributed by atoms with Crippen LogP contribution in [-0.4, -0.2) is 19.9 Å². The first-order chi connectivity index (χ1) is 7.72. The first-order valence-corrected chi connectivity index (χ1v) is 6.21. The van der Waals surface area contributed by atoms with E-state index in [4.69, 9.17) is 12.2 Å². The monoisotopic (exact) mass is 298 g/mol. The lowest BCUT2D eigenvalue weighted by Gasteiger charge is -2.05. The summed E-state index contributed by atoms with van der Waals surface area (Å²) in [7, 11) is 0. The summed E-state index contributed by atoms with van der Waals surface area (Å²) in [5, 5.41) is 0. The van der Waals surface area contributed by atoms with Gasteiger partial charge in [0.1, 0.15) is 4.64 Å². The van der Waals surface area contributed by atoms with Gasteiger partial charge in [-0.1, -0.05) is 25.6 Å². The molecule has 0 amide bonds. The maximum Gasteiger partial charge on any atom is 0.175 e. The summed E-state index contributed by atoms with van der Waals surface area (Å²) in [6.45, 7) is 2.12. The van der Waals surface area contributed by atoms with Crippen LogP contribution >= 0.6 is 28.1 Å². The van der Waals surface area contributed by atoms with E-state index >= 15 is 0 Å². The molecule has 0 aromatic carbocycles. The minimum Gasteiger partial charge on any atom is -0.342 e. The molecular formula is C10H11BrN4S. The van der Waals surface area contributed by atoms with Crippen molar-refractivity contribution in [3.8, 4) is 11.6 Å². The van der Waals surface area contributed by atoms with Gasteiger partial charge in [0.05, 0.1) is 4.47 Å². The van der Waals surface area contributed by atoms with Crippen molar-refractivity contribution in [2.24, 2.45) is 0 Å². The van der Waals surface area contributed by atoms with Crippen molar-refractivity contribution in [1.82, 2.24) is 19.9 Å². The number of H-pyrrole nitrogens is 2. The Bertz CT molecular complexity index is 532. The second kappa shape index (κ2) is 4.88. The average Bonchev–Trinajstić information content (AvgIpc) is 2.78. The number of aromatic nitrogens is 4. The van der Waals surface area contributed by atoms with Crippen molar-refractivity contribution in [1.29, 1.82) is 0 Å². The lowest BCUT2D eigenvalue weighted by Crippen LogP contribution is -1.99. The van der Waals surface area contributed by atoms with Crippen molar-refractivity contribution < 1.29 is 0 Å². The molecule has 84 valence electrons. The van der Waals surface area contributed by atoms with Crippen LogP contribution in [-0.2, 0) is 6.42 Å². The highest BCUT2D eigenvalue weighted by Gasteiger charge is 2.08. The van der Waals surface area contributed by atoms with Crippen LogP contribution in [0.4, 0.5) is 0 Å². The zero-order valence-electron chi connectivity index (χ0n) is 8.75. The Labute approximate surface area is 107 Å². The fraction of sp³-hybridized carbons (Fsp3) is 0.300. The zero-order valence-corrected chi connectivity index (χ0v) is 11.2. The number of hydrogen-bond donors (Lipinski definition) is 2. The largest absolute Gasteiger partial charge is 0.342 e. The van der Waals surface area contributed by atoms with E-state index in [-0.39, 0.29) is 0 Å². The lowest BCUT2D eigenvalue weighted by molar-refractivity contribution is 0.863. The number of halogens is 1. The van der Waals surface area contributed by atoms with Crippen molar-refractivity contribution in [3.63, 3.8) is 0 Å². The molecule has 0 fully saturated rings. The van der Waals surface area contributed by atoms with Crippen molar-refractivity contribution in [2.75, 3.05) is 0 Å². The zero-order chi connectivity index (χ0) is 11.5. The molecule has 0 atom stereocenters. The highest BCUT2D eigenvalue weighted by Crippen LogP contribution is 2.20. The second-order valence-corrected chi connectivity index (χ2v) is 4.55. The molecule has 2 N–H and O–H groups in total. The number of nitrogens with zero attached hydrogens (tertiary/aromatic N) is 2. The Morgan fingerprint density at radius 3 is 2.88 bits per heavy atom. The van der Waals surface area contributed by atoms with Gasteiger partial charge in [-0.05, 0) is 22.4 Å². The molecule has 16 heavy (non-hydrogen) atoms. The molecule has 2 aromatic rings. The molecular weight excluding hydrogens is 288 g/mol. The first kappa shape index (κ1) is 11.5. The Hall–Kier alpha value is -1.01. The van der Waals surface area contributed by atoms with Gasteiger partial charge in [0.15, 0.2) is 11.6 Å². The molecule has 4 nitrogen and oxygen atoms in total. The quantitative estimate of drug-likeness (QED) is 0.855. The molecule has 2 heterocycles. The maximum absolute atomic E-state index is 5.20. The Balaban J connectivity index is 2.53. The molecule has 2 rings (SSSR count). The van der Waals surface area contributed by atoms with Gasteiger partial charge in [-0.25, -0.2) is 9.97 Å². The SMILES string of the molecule is CCCc1[nH]c(-c2ncc[nH]2)nc(=S)c1Br. The van der Waals surface area contributed by atoms with Gasteiger partial charge in [0.2, 0.25) is 0 Å². The highest BCUT2D eigenvalue weighted by atomic mass is 79.9. The van der Waals surface area contributed by atoms with E-state index in [0.717, 1.165) is 23.0 Å². The molecule has 0 aliphatic heterocycles. The smallest absolute Gasteiger partial charge is 0.175 e. The van der Waals surface area contributed by atoms with E-state index in [1.165, 1.54) is 0 Å². The van der Waals surface area contributed by atoms with Gasteiger partial charge in [-0.15, -0.1) is 0 Å². The molecule has 2 aromatic heterocycles. The number of hydrogen-bond acceptors (Lipinski definition) is 3. The summed E-state index contributed by atoms with van der Waals surface area (Å²) in [5.74, 6) is 1.39. The van der Waals surface area contributed by atoms with Gasteiger partial charge >= 0.3 is 0 Å². The maximum atomic E-state index is 5.20. The van der Waals surface area contributed by atoms with E-state index < -0.39 is 0 Å². The number of imidazole rings is 1. The standard InChI is InChI=1S/C10H11BrN4S/c1-2-3-6-7(11)10(16)15-9(14-6)8-12-4-5-13-8/h4-5H,2-3H2,1H3,(H,12,13)(H,14,15,16). The number of aryl methyl sites for hydroxylation is 1. The predicted octanol–water partition coefficient (Wildman–Crippen LogP) is 3.24. The Kier molecular flexibility index (Phi) is 3.50. The molecule has 0 aliphatic carbocycles. The van der Waals surface area contributed by atoms with Crippen LogP contribution in [0.25, 0.3) is 11.6 Å². The summed E-state index contributed by atoms with van der Waals surface area (Å²) < 4.78 is 1.44. The summed E-state index contributed by atoms with van der Waals surface area (Å²) in [6, 6.07) is 0. The second-order valence-electron chi connectivity index (χ2n) is 3.37. The first-order valence-electron chi connectivity index (χ1n) is 5.00. The van der Waals surface area contributed by atoms with Gasteiger partial charge in [0.25, 0.3) is 0 Å². The van der Waals surface area contributed by atoms with Crippen LogP contribution in [0, 0.1) is 4.64 Å². The highest BCUT2D eigenvalue weighted by molar-refractivity contribution is 9.10. The van der Waals surface area contributed by atoms with E-state index in [0.29, 0.717) is 16.3 Å². The van der Waals surface area contributed by atoms with Gasteiger partial charge < -0.3 is 9.97 Å². The van der Waals surface area contributed by atoms with E-state index in [1.807, 2.05) is 0 Å². The summed E-state index contributed by atoms with van der Waals surface area (Å²) in [6.07, 6.45) is 5.43. The minimum absolute atomic E-state index is 0.564. The van der Waals surface area contributed by atoms with Crippen LogP contribution in [0.15, 0.2) is 16.9 Å². The molecule has 0 radical (unpaired) electrons. The topological polar surface area (TPSA) is 57.4 Å². The van der Waals surface area contributed by atoms with Crippen molar-refractivity contribution >= 4 is 28.1 Å². The number of aromatic amines is 2. The third-order valence-corrected chi connectivity index (χ3v) is 3.57. The molecule has 0 aliphatic rings. The molecule has 6 heteroatoms. The molecule has 0 spiro atoms. The van der Waals surface area contributed by atoms with Gasteiger partial charge in [0, 0.05) is 18.1 Å². The van der Waals surface area contributed by atoms with Crippen LogP contribution in [0.1, 0.15) is 19.0 Å². The van der Waals surface area contributed by atoms with E-state index in [9.17, 15) is 0 Å². The fourth-order valence-electron chi connectivity index (χ4n) is 1.43. The number of nitrogens with one attached hydrogen (secondary N) is 2. The minimum atomic E-state index is 0.564. The molecule has 0 unspecified atom stereocenters.